The Labute approximate surface area is 243 Å². The van der Waals surface area contributed by atoms with E-state index in [1.807, 2.05) is 37.5 Å². The van der Waals surface area contributed by atoms with Gasteiger partial charge in [-0.25, -0.2) is 27.9 Å². The molecule has 1 aromatic heterocycles. The normalized spacial score (nSPS) is 15.3. The first-order chi connectivity index (χ1) is 20.0. The van der Waals surface area contributed by atoms with Gasteiger partial charge in [-0.2, -0.15) is 0 Å². The van der Waals surface area contributed by atoms with E-state index < -0.39 is 23.1 Å². The van der Waals surface area contributed by atoms with E-state index in [-0.39, 0.29) is 29.0 Å². The summed E-state index contributed by atoms with van der Waals surface area (Å²) < 4.78 is 56.0. The number of amides is 1. The quantitative estimate of drug-likeness (QED) is 0.380. The molecule has 0 saturated carbocycles. The van der Waals surface area contributed by atoms with E-state index in [0.717, 1.165) is 12.6 Å². The molecule has 0 aliphatic carbocycles. The van der Waals surface area contributed by atoms with E-state index in [0.29, 0.717) is 62.9 Å². The molecule has 224 valence electrons. The van der Waals surface area contributed by atoms with E-state index >= 15 is 4.39 Å². The van der Waals surface area contributed by atoms with Crippen molar-refractivity contribution < 1.29 is 27.4 Å². The molecule has 9 nitrogen and oxygen atoms in total. The number of ether oxygens (including phenoxy) is 2. The highest BCUT2D eigenvalue weighted by atomic mass is 19.1. The SMILES string of the molecule is CCCN1CCOc2c(F)cc(-c3nc(Nc4ccc(N5CCN(C(=O)OC(C)(C)C)CC5)c(F)c4)ncc3F)cc21. The van der Waals surface area contributed by atoms with Crippen LogP contribution in [0, 0.1) is 17.5 Å². The second kappa shape index (κ2) is 11.9. The lowest BCUT2D eigenvalue weighted by Crippen LogP contribution is -2.50. The number of anilines is 4. The number of carbonyl (C=O) groups excluding carboxylic acids is 1. The van der Waals surface area contributed by atoms with Crippen molar-refractivity contribution in [2.75, 3.05) is 61.0 Å². The molecule has 3 aromatic rings. The fraction of sp³-hybridized carbons (Fsp3) is 0.433. The Morgan fingerprint density at radius 2 is 1.76 bits per heavy atom. The second-order valence-electron chi connectivity index (χ2n) is 11.3. The van der Waals surface area contributed by atoms with Crippen LogP contribution in [0.3, 0.4) is 0 Å². The number of hydrogen-bond acceptors (Lipinski definition) is 8. The molecule has 1 N–H and O–H groups in total. The van der Waals surface area contributed by atoms with Crippen LogP contribution in [0.4, 0.5) is 41.0 Å². The largest absolute Gasteiger partial charge is 0.486 e. The molecule has 2 aliphatic rings. The van der Waals surface area contributed by atoms with E-state index in [2.05, 4.69) is 15.3 Å². The van der Waals surface area contributed by atoms with Crippen molar-refractivity contribution in [3.05, 3.63) is 54.0 Å². The molecule has 0 unspecified atom stereocenters. The number of hydrogen-bond donors (Lipinski definition) is 1. The molecular formula is C30H35F3N6O3. The number of piperazine rings is 1. The van der Waals surface area contributed by atoms with Crippen molar-refractivity contribution in [2.24, 2.45) is 0 Å². The van der Waals surface area contributed by atoms with Crippen LogP contribution >= 0.6 is 0 Å². The predicted octanol–water partition coefficient (Wildman–Crippen LogP) is 5.97. The summed E-state index contributed by atoms with van der Waals surface area (Å²) in [6.45, 7) is 10.9. The van der Waals surface area contributed by atoms with Gasteiger partial charge in [0.25, 0.3) is 0 Å². The maximum Gasteiger partial charge on any atom is 0.410 e. The Morgan fingerprint density at radius 3 is 2.45 bits per heavy atom. The number of nitrogens with one attached hydrogen (secondary N) is 1. The number of halogens is 3. The topological polar surface area (TPSA) is 83.1 Å². The van der Waals surface area contributed by atoms with Gasteiger partial charge in [0.15, 0.2) is 17.4 Å². The summed E-state index contributed by atoms with van der Waals surface area (Å²) in [4.78, 5) is 26.1. The number of benzene rings is 2. The molecular weight excluding hydrogens is 549 g/mol. The van der Waals surface area contributed by atoms with Gasteiger partial charge < -0.3 is 29.5 Å². The third-order valence-corrected chi connectivity index (χ3v) is 6.96. The highest BCUT2D eigenvalue weighted by molar-refractivity contribution is 5.73. The summed E-state index contributed by atoms with van der Waals surface area (Å²) in [5.74, 6) is -1.61. The Kier molecular flexibility index (Phi) is 8.33. The lowest BCUT2D eigenvalue weighted by Gasteiger charge is -2.36. The lowest BCUT2D eigenvalue weighted by molar-refractivity contribution is 0.0240. The second-order valence-corrected chi connectivity index (χ2v) is 11.3. The summed E-state index contributed by atoms with van der Waals surface area (Å²) >= 11 is 0. The lowest BCUT2D eigenvalue weighted by atomic mass is 10.1. The Balaban J connectivity index is 1.30. The first-order valence-electron chi connectivity index (χ1n) is 14.1. The smallest absolute Gasteiger partial charge is 0.410 e. The predicted molar refractivity (Wildman–Crippen MR) is 155 cm³/mol. The zero-order valence-electron chi connectivity index (χ0n) is 24.2. The summed E-state index contributed by atoms with van der Waals surface area (Å²) in [6, 6.07) is 7.47. The maximum atomic E-state index is 15.2. The van der Waals surface area contributed by atoms with Crippen LogP contribution in [0.5, 0.6) is 5.75 Å². The molecule has 5 rings (SSSR count). The van der Waals surface area contributed by atoms with E-state index in [1.54, 1.807) is 23.1 Å². The average Bonchev–Trinajstić information content (AvgIpc) is 2.94. The van der Waals surface area contributed by atoms with Gasteiger partial charge in [-0.3, -0.25) is 0 Å². The van der Waals surface area contributed by atoms with Crippen LogP contribution in [-0.4, -0.2) is 72.4 Å². The summed E-state index contributed by atoms with van der Waals surface area (Å²) in [6.07, 6.45) is 1.47. The number of aromatic nitrogens is 2. The van der Waals surface area contributed by atoms with Crippen molar-refractivity contribution in [1.82, 2.24) is 14.9 Å². The molecule has 1 amide bonds. The van der Waals surface area contributed by atoms with Gasteiger partial charge in [0, 0.05) is 44.0 Å². The van der Waals surface area contributed by atoms with Gasteiger partial charge >= 0.3 is 6.09 Å². The summed E-state index contributed by atoms with van der Waals surface area (Å²) in [7, 11) is 0. The van der Waals surface area contributed by atoms with E-state index in [1.165, 1.54) is 12.1 Å². The Bertz CT molecular complexity index is 1460. The van der Waals surface area contributed by atoms with Crippen molar-refractivity contribution in [3.63, 3.8) is 0 Å². The van der Waals surface area contributed by atoms with Crippen molar-refractivity contribution >= 4 is 29.1 Å². The van der Waals surface area contributed by atoms with Crippen LogP contribution < -0.4 is 19.9 Å². The van der Waals surface area contributed by atoms with Crippen LogP contribution in [0.15, 0.2) is 36.5 Å². The van der Waals surface area contributed by atoms with E-state index in [4.69, 9.17) is 9.47 Å². The monoisotopic (exact) mass is 584 g/mol. The van der Waals surface area contributed by atoms with Gasteiger partial charge in [-0.15, -0.1) is 0 Å². The molecule has 1 fully saturated rings. The summed E-state index contributed by atoms with van der Waals surface area (Å²) in [5.41, 5.74) is 0.882. The molecule has 0 radical (unpaired) electrons. The number of rotatable bonds is 6. The fourth-order valence-electron chi connectivity index (χ4n) is 5.03. The highest BCUT2D eigenvalue weighted by Gasteiger charge is 2.27. The molecule has 0 spiro atoms. The minimum absolute atomic E-state index is 0.0318. The van der Waals surface area contributed by atoms with Gasteiger partial charge in [-0.05, 0) is 57.5 Å². The van der Waals surface area contributed by atoms with Crippen LogP contribution in [0.25, 0.3) is 11.3 Å². The third-order valence-electron chi connectivity index (χ3n) is 6.96. The van der Waals surface area contributed by atoms with Crippen LogP contribution in [-0.2, 0) is 4.74 Å². The molecule has 0 bridgehead atoms. The number of nitrogens with zero attached hydrogens (tertiary/aromatic N) is 5. The fourth-order valence-corrected chi connectivity index (χ4v) is 5.03. The zero-order chi connectivity index (χ0) is 30.0. The molecule has 12 heteroatoms. The first kappa shape index (κ1) is 29.3. The number of fused-ring (bicyclic) bond motifs is 1. The van der Waals surface area contributed by atoms with Crippen LogP contribution in [0.2, 0.25) is 0 Å². The number of carbonyl (C=O) groups is 1. The van der Waals surface area contributed by atoms with Gasteiger partial charge in [0.05, 0.1) is 24.1 Å². The standard InChI is InChI=1S/C30H35F3N6O3/c1-5-8-37-13-14-41-27-22(32)15-19(16-25(27)37)26-23(33)18-34-28(36-26)35-20-6-7-24(21(31)17-20)38-9-11-39(12-10-38)29(40)42-30(2,3)4/h6-7,15-18H,5,8-14H2,1-4H3,(H,34,35,36). The maximum absolute atomic E-state index is 15.2. The van der Waals surface area contributed by atoms with Gasteiger partial charge in [0.1, 0.15) is 23.7 Å². The molecule has 2 aliphatic heterocycles. The minimum Gasteiger partial charge on any atom is -0.486 e. The molecule has 0 atom stereocenters. The van der Waals surface area contributed by atoms with Gasteiger partial charge in [0.2, 0.25) is 5.95 Å². The van der Waals surface area contributed by atoms with Crippen molar-refractivity contribution in [2.45, 2.75) is 39.7 Å². The highest BCUT2D eigenvalue weighted by Crippen LogP contribution is 2.39. The molecule has 3 heterocycles. The Hall–Kier alpha value is -4.22. The average molecular weight is 585 g/mol. The minimum atomic E-state index is -0.717. The van der Waals surface area contributed by atoms with E-state index in [9.17, 15) is 13.6 Å². The first-order valence-corrected chi connectivity index (χ1v) is 14.1. The Morgan fingerprint density at radius 1 is 1.00 bits per heavy atom. The summed E-state index contributed by atoms with van der Waals surface area (Å²) in [5, 5.41) is 2.92. The zero-order valence-corrected chi connectivity index (χ0v) is 24.2. The molecule has 1 saturated heterocycles. The third kappa shape index (κ3) is 6.47. The van der Waals surface area contributed by atoms with Crippen molar-refractivity contribution in [1.29, 1.82) is 0 Å². The van der Waals surface area contributed by atoms with Crippen LogP contribution in [0.1, 0.15) is 34.1 Å². The van der Waals surface area contributed by atoms with Crippen molar-refractivity contribution in [3.8, 4) is 17.0 Å². The molecule has 42 heavy (non-hydrogen) atoms. The van der Waals surface area contributed by atoms with Gasteiger partial charge in [-0.1, -0.05) is 6.92 Å². The molecule has 2 aromatic carbocycles.